The first-order valence-electron chi connectivity index (χ1n) is 12.8. The molecule has 0 saturated carbocycles. The summed E-state index contributed by atoms with van der Waals surface area (Å²) in [6.07, 6.45) is 1.19. The molecule has 0 bridgehead atoms. The van der Waals surface area contributed by atoms with Crippen molar-refractivity contribution >= 4 is 15.9 Å². The Hall–Kier alpha value is -2.50. The smallest absolute Gasteiger partial charge is 0.258 e. The number of carbonyl (C=O) groups excluding carboxylic acids is 1. The molecule has 202 valence electrons. The van der Waals surface area contributed by atoms with E-state index in [1.165, 1.54) is 21.5 Å². The molecule has 0 spiro atoms. The highest BCUT2D eigenvalue weighted by atomic mass is 32.2. The van der Waals surface area contributed by atoms with Crippen LogP contribution in [0.1, 0.15) is 17.5 Å². The van der Waals surface area contributed by atoms with Gasteiger partial charge in [0.2, 0.25) is 10.0 Å². The van der Waals surface area contributed by atoms with E-state index in [4.69, 9.17) is 4.74 Å². The van der Waals surface area contributed by atoms with Gasteiger partial charge in [-0.25, -0.2) is 12.7 Å². The number of aliphatic hydroxyl groups is 1. The fourth-order valence-corrected chi connectivity index (χ4v) is 6.46. The van der Waals surface area contributed by atoms with Crippen LogP contribution in [0, 0.1) is 5.92 Å². The van der Waals surface area contributed by atoms with Crippen LogP contribution in [0.25, 0.3) is 0 Å². The molecule has 1 amide bonds. The Morgan fingerprint density at radius 1 is 1.16 bits per heavy atom. The molecule has 2 aromatic rings. The molecule has 2 aliphatic rings. The Kier molecular flexibility index (Phi) is 9.20. The van der Waals surface area contributed by atoms with Gasteiger partial charge in [0.05, 0.1) is 6.10 Å². The summed E-state index contributed by atoms with van der Waals surface area (Å²) < 4.78 is 33.5. The lowest BCUT2D eigenvalue weighted by Crippen LogP contribution is -2.43. The molecule has 1 fully saturated rings. The average molecular weight is 531 g/mol. The van der Waals surface area contributed by atoms with Crippen LogP contribution in [0.4, 0.5) is 0 Å². The van der Waals surface area contributed by atoms with Crippen LogP contribution in [0.15, 0.2) is 53.4 Å². The number of aliphatic hydroxyl groups excluding tert-OH is 1. The van der Waals surface area contributed by atoms with Gasteiger partial charge in [-0.15, -0.1) is 0 Å². The molecule has 0 aromatic heterocycles. The topological polar surface area (TPSA) is 102 Å². The highest BCUT2D eigenvalue weighted by molar-refractivity contribution is 7.89. The second-order valence-corrected chi connectivity index (χ2v) is 12.2. The van der Waals surface area contributed by atoms with Gasteiger partial charge in [0, 0.05) is 46.3 Å². The van der Waals surface area contributed by atoms with Crippen LogP contribution < -0.4 is 10.1 Å². The van der Waals surface area contributed by atoms with Crippen molar-refractivity contribution in [2.24, 2.45) is 5.92 Å². The molecule has 4 rings (SSSR count). The predicted octanol–water partition coefficient (Wildman–Crippen LogP) is 1.17. The zero-order valence-electron chi connectivity index (χ0n) is 21.7. The summed E-state index contributed by atoms with van der Waals surface area (Å²) in [5.41, 5.74) is 2.62. The minimum Gasteiger partial charge on any atom is -0.482 e. The molecule has 10 heteroatoms. The normalized spacial score (nSPS) is 19.5. The Morgan fingerprint density at radius 3 is 2.65 bits per heavy atom. The molecule has 1 saturated heterocycles. The van der Waals surface area contributed by atoms with Crippen LogP contribution in [0.3, 0.4) is 0 Å². The number of nitrogens with one attached hydrogen (secondary N) is 1. The van der Waals surface area contributed by atoms with Gasteiger partial charge in [0.25, 0.3) is 5.91 Å². The molecule has 2 aromatic carbocycles. The van der Waals surface area contributed by atoms with Gasteiger partial charge in [0.1, 0.15) is 10.6 Å². The summed E-state index contributed by atoms with van der Waals surface area (Å²) >= 11 is 0. The van der Waals surface area contributed by atoms with Gasteiger partial charge in [-0.3, -0.25) is 9.69 Å². The third-order valence-electron chi connectivity index (χ3n) is 7.11. The zero-order chi connectivity index (χ0) is 26.4. The van der Waals surface area contributed by atoms with E-state index in [9.17, 15) is 18.3 Å². The number of hydrogen-bond donors (Lipinski definition) is 2. The number of nitrogens with zero attached hydrogens (tertiary/aromatic N) is 3. The van der Waals surface area contributed by atoms with Crippen LogP contribution in [-0.2, 0) is 27.8 Å². The second-order valence-electron chi connectivity index (χ2n) is 10.1. The maximum absolute atomic E-state index is 13.2. The first-order chi connectivity index (χ1) is 17.7. The largest absolute Gasteiger partial charge is 0.482 e. The molecule has 2 aliphatic heterocycles. The molecule has 1 unspecified atom stereocenters. The van der Waals surface area contributed by atoms with E-state index < -0.39 is 22.0 Å². The van der Waals surface area contributed by atoms with Gasteiger partial charge in [-0.05, 0) is 55.6 Å². The molecular weight excluding hydrogens is 492 g/mol. The monoisotopic (exact) mass is 530 g/mol. The summed E-state index contributed by atoms with van der Waals surface area (Å²) in [5, 5.41) is 13.1. The molecule has 2 heterocycles. The van der Waals surface area contributed by atoms with E-state index in [-0.39, 0.29) is 29.7 Å². The quantitative estimate of drug-likeness (QED) is 0.450. The SMILES string of the molecule is CN1CCC(CN(C)S(=O)(=O)c2ccccc2OCC(=O)NC[C@@H](O)CN2CCc3ccccc3C2)C1. The van der Waals surface area contributed by atoms with E-state index in [1.54, 1.807) is 25.2 Å². The van der Waals surface area contributed by atoms with E-state index in [0.29, 0.717) is 13.1 Å². The lowest BCUT2D eigenvalue weighted by molar-refractivity contribution is -0.123. The van der Waals surface area contributed by atoms with Crippen LogP contribution in [-0.4, -0.2) is 99.6 Å². The maximum atomic E-state index is 13.2. The second kappa shape index (κ2) is 12.4. The van der Waals surface area contributed by atoms with Gasteiger partial charge >= 0.3 is 0 Å². The number of rotatable bonds is 11. The number of benzene rings is 2. The predicted molar refractivity (Wildman–Crippen MR) is 142 cm³/mol. The Labute approximate surface area is 220 Å². The Bertz CT molecular complexity index is 1170. The van der Waals surface area contributed by atoms with Crippen molar-refractivity contribution in [3.05, 3.63) is 59.7 Å². The summed E-state index contributed by atoms with van der Waals surface area (Å²) in [4.78, 5) is 16.8. The van der Waals surface area contributed by atoms with Crippen molar-refractivity contribution < 1.29 is 23.1 Å². The number of amides is 1. The van der Waals surface area contributed by atoms with E-state index in [0.717, 1.165) is 39.0 Å². The van der Waals surface area contributed by atoms with Crippen molar-refractivity contribution in [3.8, 4) is 5.75 Å². The van der Waals surface area contributed by atoms with Crippen molar-refractivity contribution in [1.82, 2.24) is 19.4 Å². The highest BCUT2D eigenvalue weighted by Gasteiger charge is 2.29. The number of ether oxygens (including phenoxy) is 1. The summed E-state index contributed by atoms with van der Waals surface area (Å²) in [5.74, 6) is 0.00731. The average Bonchev–Trinajstić information content (AvgIpc) is 3.30. The maximum Gasteiger partial charge on any atom is 0.258 e. The Balaban J connectivity index is 1.25. The summed E-state index contributed by atoms with van der Waals surface area (Å²) in [6, 6.07) is 14.7. The van der Waals surface area contributed by atoms with Crippen molar-refractivity contribution in [1.29, 1.82) is 0 Å². The lowest BCUT2D eigenvalue weighted by atomic mass is 10.00. The van der Waals surface area contributed by atoms with Crippen molar-refractivity contribution in [2.45, 2.75) is 30.4 Å². The molecule has 2 atom stereocenters. The highest BCUT2D eigenvalue weighted by Crippen LogP contribution is 2.27. The Morgan fingerprint density at radius 2 is 1.89 bits per heavy atom. The van der Waals surface area contributed by atoms with Crippen molar-refractivity contribution in [3.63, 3.8) is 0 Å². The van der Waals surface area contributed by atoms with E-state index >= 15 is 0 Å². The lowest BCUT2D eigenvalue weighted by Gasteiger charge is -2.30. The fourth-order valence-electron chi connectivity index (χ4n) is 5.09. The fraction of sp³-hybridized carbons (Fsp3) is 0.519. The van der Waals surface area contributed by atoms with E-state index in [2.05, 4.69) is 27.2 Å². The van der Waals surface area contributed by atoms with Crippen LogP contribution in [0.2, 0.25) is 0 Å². The van der Waals surface area contributed by atoms with Gasteiger partial charge in [-0.1, -0.05) is 36.4 Å². The third kappa shape index (κ3) is 7.30. The van der Waals surface area contributed by atoms with Crippen LogP contribution in [0.5, 0.6) is 5.75 Å². The van der Waals surface area contributed by atoms with Crippen molar-refractivity contribution in [2.75, 3.05) is 60.0 Å². The molecule has 0 aliphatic carbocycles. The minimum absolute atomic E-state index is 0.0436. The van der Waals surface area contributed by atoms with Gasteiger partial charge in [0.15, 0.2) is 6.61 Å². The number of hydrogen-bond acceptors (Lipinski definition) is 7. The molecule has 37 heavy (non-hydrogen) atoms. The van der Waals surface area contributed by atoms with Gasteiger partial charge < -0.3 is 20.1 Å². The summed E-state index contributed by atoms with van der Waals surface area (Å²) in [6.45, 7) is 4.13. The number of carbonyl (C=O) groups is 1. The number of fused-ring (bicyclic) bond motifs is 1. The third-order valence-corrected chi connectivity index (χ3v) is 8.98. The molecule has 2 N–H and O–H groups in total. The first-order valence-corrected chi connectivity index (χ1v) is 14.3. The van der Waals surface area contributed by atoms with E-state index in [1.807, 2.05) is 19.2 Å². The zero-order valence-corrected chi connectivity index (χ0v) is 22.5. The number of sulfonamides is 1. The number of likely N-dealkylation sites (tertiary alicyclic amines) is 1. The minimum atomic E-state index is -3.77. The number of β-amino-alcohol motifs (C(OH)–C–C–N with tert-alkyl or cyclic N) is 1. The van der Waals surface area contributed by atoms with Gasteiger partial charge in [-0.2, -0.15) is 0 Å². The molecule has 0 radical (unpaired) electrons. The summed E-state index contributed by atoms with van der Waals surface area (Å²) in [7, 11) is -0.154. The molecular formula is C27H38N4O5S. The first kappa shape index (κ1) is 27.5. The standard InChI is InChI=1S/C27H38N4O5S/c1-29-13-11-21(16-29)17-30(2)37(34,35)26-10-6-5-9-25(26)36-20-27(33)28-15-24(32)19-31-14-12-22-7-3-4-8-23(22)18-31/h3-10,21,24,32H,11-20H2,1-2H3,(H,28,33)/t21?,24-/m1/s1. The molecule has 9 nitrogen and oxygen atoms in total. The number of para-hydroxylation sites is 1. The van der Waals surface area contributed by atoms with Crippen LogP contribution >= 0.6 is 0 Å².